The van der Waals surface area contributed by atoms with Crippen molar-refractivity contribution in [3.05, 3.63) is 64.4 Å². The molecule has 1 aliphatic heterocycles. The van der Waals surface area contributed by atoms with Gasteiger partial charge in [-0.15, -0.1) is 11.3 Å². The summed E-state index contributed by atoms with van der Waals surface area (Å²) in [5.41, 5.74) is 1.27. The molecule has 1 N–H and O–H groups in total. The Hall–Kier alpha value is -2.84. The average molecular weight is 472 g/mol. The second-order valence-electron chi connectivity index (χ2n) is 7.56. The number of carbonyl (C=O) groups is 1. The third-order valence-electron chi connectivity index (χ3n) is 5.47. The summed E-state index contributed by atoms with van der Waals surface area (Å²) in [6.07, 6.45) is 2.20. The second-order valence-corrected chi connectivity index (χ2v) is 10.4. The van der Waals surface area contributed by atoms with E-state index in [1.54, 1.807) is 17.5 Å². The van der Waals surface area contributed by atoms with Gasteiger partial charge in [-0.3, -0.25) is 4.79 Å². The van der Waals surface area contributed by atoms with Crippen LogP contribution in [-0.4, -0.2) is 28.0 Å². The van der Waals surface area contributed by atoms with Gasteiger partial charge in [-0.05, 0) is 36.8 Å². The van der Waals surface area contributed by atoms with Gasteiger partial charge in [0.15, 0.2) is 0 Å². The Balaban J connectivity index is 1.74. The molecule has 1 amide bonds. The van der Waals surface area contributed by atoms with E-state index in [1.807, 2.05) is 24.3 Å². The average Bonchev–Trinajstić information content (AvgIpc) is 3.24. The Kier molecular flexibility index (Phi) is 6.53. The quantitative estimate of drug-likeness (QED) is 0.454. The maximum Gasteiger partial charge on any atom is 0.225 e. The molecule has 0 aliphatic carbocycles. The maximum atomic E-state index is 13.3. The van der Waals surface area contributed by atoms with Crippen molar-refractivity contribution in [2.24, 2.45) is 0 Å². The van der Waals surface area contributed by atoms with Crippen LogP contribution in [0.2, 0.25) is 0 Å². The number of amides is 1. The summed E-state index contributed by atoms with van der Waals surface area (Å²) in [5.74, 6) is 0.834. The predicted molar refractivity (Wildman–Crippen MR) is 125 cm³/mol. The summed E-state index contributed by atoms with van der Waals surface area (Å²) >= 11 is 1.35. The summed E-state index contributed by atoms with van der Waals surface area (Å²) in [6, 6.07) is 13.9. The number of benzene rings is 2. The first-order valence-electron chi connectivity index (χ1n) is 10.5. The van der Waals surface area contributed by atoms with E-state index in [2.05, 4.69) is 12.2 Å². The topological polar surface area (TPSA) is 81.7 Å². The first-order valence-corrected chi connectivity index (χ1v) is 12.8. The molecular formula is C24H25NO5S2. The third kappa shape index (κ3) is 4.25. The highest BCUT2D eigenvalue weighted by Crippen LogP contribution is 2.47. The van der Waals surface area contributed by atoms with Crippen LogP contribution in [0.4, 0.5) is 5.69 Å². The second kappa shape index (κ2) is 9.34. The minimum absolute atomic E-state index is 0.116. The largest absolute Gasteiger partial charge is 0.497 e. The van der Waals surface area contributed by atoms with Crippen molar-refractivity contribution in [1.82, 2.24) is 0 Å². The lowest BCUT2D eigenvalue weighted by atomic mass is 9.90. The Bertz CT molecular complexity index is 1220. The molecule has 0 spiro atoms. The SMILES string of the molecule is CCCCOc1ccccc1[C@H]1CC(=O)Nc2c(S(=O)(=O)c3ccc(OC)cc3)csc21. The summed E-state index contributed by atoms with van der Waals surface area (Å²) in [4.78, 5) is 13.7. The fourth-order valence-electron chi connectivity index (χ4n) is 3.76. The van der Waals surface area contributed by atoms with E-state index < -0.39 is 9.84 Å². The zero-order chi connectivity index (χ0) is 22.7. The molecule has 0 unspecified atom stereocenters. The van der Waals surface area contributed by atoms with Crippen molar-refractivity contribution >= 4 is 32.8 Å². The molecule has 168 valence electrons. The molecule has 2 heterocycles. The zero-order valence-corrected chi connectivity index (χ0v) is 19.6. The standard InChI is InChI=1S/C24H25NO5S2/c1-3-4-13-30-20-8-6-5-7-18(20)19-14-22(26)25-23-21(15-31-24(19)23)32(27,28)17-11-9-16(29-2)10-12-17/h5-12,15,19H,3-4,13-14H2,1-2H3,(H,25,26)/t19-/m1/s1. The minimum atomic E-state index is -3.81. The molecule has 8 heteroatoms. The number of unbranched alkanes of at least 4 members (excludes halogenated alkanes) is 1. The fourth-order valence-corrected chi connectivity index (χ4v) is 6.66. The van der Waals surface area contributed by atoms with Crippen molar-refractivity contribution in [2.75, 3.05) is 19.0 Å². The van der Waals surface area contributed by atoms with Crippen molar-refractivity contribution in [3.8, 4) is 11.5 Å². The maximum absolute atomic E-state index is 13.3. The zero-order valence-electron chi connectivity index (χ0n) is 18.0. The molecule has 0 radical (unpaired) electrons. The molecule has 2 aromatic carbocycles. The number of para-hydroxylation sites is 1. The van der Waals surface area contributed by atoms with Crippen LogP contribution in [0.15, 0.2) is 63.7 Å². The number of carbonyl (C=O) groups excluding carboxylic acids is 1. The van der Waals surface area contributed by atoms with E-state index in [-0.39, 0.29) is 28.0 Å². The van der Waals surface area contributed by atoms with E-state index in [4.69, 9.17) is 9.47 Å². The Morgan fingerprint density at radius 2 is 1.88 bits per heavy atom. The van der Waals surface area contributed by atoms with Gasteiger partial charge >= 0.3 is 0 Å². The van der Waals surface area contributed by atoms with E-state index >= 15 is 0 Å². The molecule has 0 saturated heterocycles. The molecule has 3 aromatic rings. The van der Waals surface area contributed by atoms with Crippen LogP contribution in [0, 0.1) is 0 Å². The number of thiophene rings is 1. The van der Waals surface area contributed by atoms with Crippen LogP contribution in [0.25, 0.3) is 0 Å². The molecule has 1 aliphatic rings. The number of hydrogen-bond acceptors (Lipinski definition) is 6. The highest BCUT2D eigenvalue weighted by Gasteiger charge is 2.35. The van der Waals surface area contributed by atoms with Crippen LogP contribution in [0.5, 0.6) is 11.5 Å². The first kappa shape index (κ1) is 22.4. The number of hydrogen-bond donors (Lipinski definition) is 1. The normalized spacial score (nSPS) is 15.7. The highest BCUT2D eigenvalue weighted by molar-refractivity contribution is 7.91. The third-order valence-corrected chi connectivity index (χ3v) is 8.50. The van der Waals surface area contributed by atoms with Gasteiger partial charge in [0, 0.05) is 28.2 Å². The summed E-state index contributed by atoms with van der Waals surface area (Å²) < 4.78 is 37.8. The Labute approximate surface area is 192 Å². The summed E-state index contributed by atoms with van der Waals surface area (Å²) in [5, 5.41) is 4.42. The molecule has 1 aromatic heterocycles. The van der Waals surface area contributed by atoms with Gasteiger partial charge < -0.3 is 14.8 Å². The molecular weight excluding hydrogens is 446 g/mol. The molecule has 1 atom stereocenters. The van der Waals surface area contributed by atoms with E-state index in [0.29, 0.717) is 18.0 Å². The number of fused-ring (bicyclic) bond motifs is 1. The number of anilines is 1. The van der Waals surface area contributed by atoms with Crippen LogP contribution >= 0.6 is 11.3 Å². The number of ether oxygens (including phenoxy) is 2. The molecule has 0 bridgehead atoms. The number of sulfone groups is 1. The lowest BCUT2D eigenvalue weighted by Gasteiger charge is -2.25. The highest BCUT2D eigenvalue weighted by atomic mass is 32.2. The molecule has 32 heavy (non-hydrogen) atoms. The van der Waals surface area contributed by atoms with Crippen LogP contribution in [-0.2, 0) is 14.6 Å². The minimum Gasteiger partial charge on any atom is -0.497 e. The van der Waals surface area contributed by atoms with Crippen LogP contribution < -0.4 is 14.8 Å². The molecule has 0 saturated carbocycles. The van der Waals surface area contributed by atoms with Crippen LogP contribution in [0.3, 0.4) is 0 Å². The summed E-state index contributed by atoms with van der Waals surface area (Å²) in [7, 11) is -2.28. The number of rotatable bonds is 8. The van der Waals surface area contributed by atoms with Gasteiger partial charge in [-0.25, -0.2) is 8.42 Å². The van der Waals surface area contributed by atoms with Gasteiger partial charge in [0.05, 0.1) is 24.3 Å². The van der Waals surface area contributed by atoms with Crippen molar-refractivity contribution in [2.45, 2.75) is 41.9 Å². The van der Waals surface area contributed by atoms with Crippen molar-refractivity contribution in [3.63, 3.8) is 0 Å². The summed E-state index contributed by atoms with van der Waals surface area (Å²) in [6.45, 7) is 2.70. The van der Waals surface area contributed by atoms with Gasteiger partial charge in [-0.2, -0.15) is 0 Å². The Morgan fingerprint density at radius 3 is 2.59 bits per heavy atom. The monoisotopic (exact) mass is 471 g/mol. The lowest BCUT2D eigenvalue weighted by molar-refractivity contribution is -0.116. The van der Waals surface area contributed by atoms with Gasteiger partial charge in [0.2, 0.25) is 15.7 Å². The molecule has 4 rings (SSSR count). The molecule has 0 fully saturated rings. The van der Waals surface area contributed by atoms with E-state index in [0.717, 1.165) is 29.0 Å². The first-order chi connectivity index (χ1) is 15.5. The Morgan fingerprint density at radius 1 is 1.12 bits per heavy atom. The molecule has 6 nitrogen and oxygen atoms in total. The smallest absolute Gasteiger partial charge is 0.225 e. The number of nitrogens with one attached hydrogen (secondary N) is 1. The van der Waals surface area contributed by atoms with Crippen molar-refractivity contribution < 1.29 is 22.7 Å². The van der Waals surface area contributed by atoms with E-state index in [1.165, 1.54) is 30.6 Å². The fraction of sp³-hybridized carbons (Fsp3) is 0.292. The van der Waals surface area contributed by atoms with Crippen LogP contribution in [0.1, 0.15) is 42.5 Å². The van der Waals surface area contributed by atoms with E-state index in [9.17, 15) is 13.2 Å². The number of methoxy groups -OCH3 is 1. The van der Waals surface area contributed by atoms with Gasteiger partial charge in [0.25, 0.3) is 0 Å². The van der Waals surface area contributed by atoms with Gasteiger partial charge in [-0.1, -0.05) is 31.5 Å². The van der Waals surface area contributed by atoms with Crippen molar-refractivity contribution in [1.29, 1.82) is 0 Å². The van der Waals surface area contributed by atoms with Gasteiger partial charge in [0.1, 0.15) is 16.4 Å². The lowest BCUT2D eigenvalue weighted by Crippen LogP contribution is -2.23. The predicted octanol–water partition coefficient (Wildman–Crippen LogP) is 5.24.